The zero-order valence-electron chi connectivity index (χ0n) is 41.3. The summed E-state index contributed by atoms with van der Waals surface area (Å²) < 4.78 is 3.27. The molecule has 0 amide bonds. The van der Waals surface area contributed by atoms with E-state index in [0.717, 1.165) is 147 Å². The maximum absolute atomic E-state index is 13.8. The summed E-state index contributed by atoms with van der Waals surface area (Å²) in [5, 5.41) is 3.22. The lowest BCUT2D eigenvalue weighted by atomic mass is 9.93. The molecule has 0 spiro atoms. The molecule has 0 fully saturated rings. The lowest BCUT2D eigenvalue weighted by Gasteiger charge is -2.17. The van der Waals surface area contributed by atoms with E-state index in [1.165, 1.54) is 44.5 Å². The van der Waals surface area contributed by atoms with Crippen molar-refractivity contribution < 1.29 is 15.3 Å². The van der Waals surface area contributed by atoms with E-state index in [0.29, 0.717) is 46.0 Å². The van der Waals surface area contributed by atoms with Crippen LogP contribution < -0.4 is 11.0 Å². The van der Waals surface area contributed by atoms with Gasteiger partial charge in [-0.1, -0.05) is 107 Å². The van der Waals surface area contributed by atoms with Crippen molar-refractivity contribution in [1.82, 2.24) is 8.68 Å². The largest absolute Gasteiger partial charge is 0.870 e. The molecule has 6 heterocycles. The maximum atomic E-state index is 13.8. The summed E-state index contributed by atoms with van der Waals surface area (Å²) in [6, 6.07) is 18.1. The van der Waals surface area contributed by atoms with Crippen molar-refractivity contribution in [2.24, 2.45) is 30.0 Å². The van der Waals surface area contributed by atoms with Crippen LogP contribution in [0, 0.1) is 0 Å². The number of benzene rings is 4. The normalized spacial score (nSPS) is 15.0. The van der Waals surface area contributed by atoms with Gasteiger partial charge >= 0.3 is 8.02 Å². The lowest BCUT2D eigenvalue weighted by molar-refractivity contribution is 0.419. The molecule has 4 aliphatic rings. The predicted octanol–water partition coefficient (Wildman–Crippen LogP) is 12.0. The highest BCUT2D eigenvalue weighted by atomic mass is 31.2. The highest BCUT2D eigenvalue weighted by molar-refractivity contribution is 7.61. The van der Waals surface area contributed by atoms with Crippen molar-refractivity contribution >= 4 is 64.5 Å². The van der Waals surface area contributed by atoms with Gasteiger partial charge in [0.1, 0.15) is 0 Å². The minimum Gasteiger partial charge on any atom is -0.870 e. The monoisotopic (exact) mass is 931 g/mol. The molecule has 4 aliphatic heterocycles. The van der Waals surface area contributed by atoms with Crippen molar-refractivity contribution in [2.75, 3.05) is 0 Å². The van der Waals surface area contributed by atoms with Crippen LogP contribution in [0.5, 0.6) is 0 Å². The van der Waals surface area contributed by atoms with Gasteiger partial charge in [-0.3, -0.25) is 0 Å². The maximum Gasteiger partial charge on any atom is 0.498 e. The predicted molar refractivity (Wildman–Crippen MR) is 281 cm³/mol. The Balaban J connectivity index is 0.00000578. The van der Waals surface area contributed by atoms with Crippen LogP contribution >= 0.6 is 8.02 Å². The Kier molecular flexibility index (Phi) is 13.4. The van der Waals surface area contributed by atoms with Crippen LogP contribution in [-0.4, -0.2) is 47.3 Å². The fraction of sp³-hybridized carbons (Fsp3) is 0.429. The fourth-order valence-corrected chi connectivity index (χ4v) is 12.9. The smallest absolute Gasteiger partial charge is 0.498 e. The van der Waals surface area contributed by atoms with Crippen LogP contribution in [-0.2, 0) is 51.4 Å². The van der Waals surface area contributed by atoms with E-state index in [9.17, 15) is 9.79 Å². The Labute approximate surface area is 401 Å². The molecule has 0 aliphatic carbocycles. The van der Waals surface area contributed by atoms with Gasteiger partial charge in [0, 0.05) is 43.8 Å². The first-order valence-electron chi connectivity index (χ1n) is 25.5. The molecule has 0 saturated heterocycles. The highest BCUT2D eigenvalue weighted by Gasteiger charge is 2.50. The molecule has 12 heteroatoms. The number of nitrogens with zero attached hydrogens (tertiary/aromatic N) is 8. The van der Waals surface area contributed by atoms with Crippen LogP contribution in [0.2, 0.25) is 0 Å². The van der Waals surface area contributed by atoms with Gasteiger partial charge in [-0.15, -0.1) is 8.68 Å². The quantitative estimate of drug-likeness (QED) is 0.0928. The number of rotatable bonds is 16. The van der Waals surface area contributed by atoms with Crippen LogP contribution in [0.4, 0.5) is 11.6 Å². The minimum absolute atomic E-state index is 0. The third-order valence-corrected chi connectivity index (χ3v) is 15.9. The van der Waals surface area contributed by atoms with Crippen LogP contribution in [0.1, 0.15) is 174 Å². The topological polar surface area (TPSA) is 154 Å². The van der Waals surface area contributed by atoms with Gasteiger partial charge in [0.15, 0.2) is 46.0 Å². The Morgan fingerprint density at radius 3 is 0.868 bits per heavy atom. The standard InChI is InChI=1S/C56H66N8O2P.H2O/c1-9-17-33-25-41-42(26-34(33)18-10-2)50-57-49(41)59-53-45-29-37(21-13-5)38(22-14-6)30-46(45)55-61-51-43-27-35(19-11-3)36(20-12-4)28-44(43)52(58-51)62-56-48-32-40(24-16-8)39(23-15-7)31-47(48)54(60-50)64(56)67(65,66)63(53)55;/h25-32,65-66H,9-24H2,1-8H3;1H2/q+1;/p-1. The number of hydrogen-bond donors (Lipinski definition) is 2. The summed E-state index contributed by atoms with van der Waals surface area (Å²) in [5.74, 6) is 2.89. The van der Waals surface area contributed by atoms with Crippen LogP contribution in [0.25, 0.3) is 21.5 Å². The van der Waals surface area contributed by atoms with E-state index in [-0.39, 0.29) is 5.48 Å². The van der Waals surface area contributed by atoms with Crippen molar-refractivity contribution in [3.05, 3.63) is 126 Å². The summed E-state index contributed by atoms with van der Waals surface area (Å²) in [4.78, 5) is 60.4. The van der Waals surface area contributed by atoms with Gasteiger partial charge < -0.3 is 5.48 Å². The first kappa shape index (κ1) is 47.6. The number of hydrogen-bond acceptors (Lipinski definition) is 9. The number of aromatic nitrogens is 2. The molecule has 4 aromatic carbocycles. The number of fused-ring (bicyclic) bond motifs is 14. The second-order valence-corrected chi connectivity index (χ2v) is 21.0. The molecule has 6 aromatic rings. The van der Waals surface area contributed by atoms with Crippen molar-refractivity contribution in [3.63, 3.8) is 0 Å². The molecule has 0 saturated carbocycles. The zero-order valence-corrected chi connectivity index (χ0v) is 42.2. The van der Waals surface area contributed by atoms with Crippen LogP contribution in [0.3, 0.4) is 0 Å². The fourth-order valence-electron chi connectivity index (χ4n) is 11.1. The number of aryl methyl sites for hydroxylation is 8. The second-order valence-electron chi connectivity index (χ2n) is 19.1. The summed E-state index contributed by atoms with van der Waals surface area (Å²) in [6.45, 7) is 17.8. The summed E-state index contributed by atoms with van der Waals surface area (Å²) >= 11 is 0. The van der Waals surface area contributed by atoms with E-state index in [2.05, 4.69) is 104 Å². The van der Waals surface area contributed by atoms with Gasteiger partial charge in [0.25, 0.3) is 0 Å². The molecular formula is C56H67N8O3P. The van der Waals surface area contributed by atoms with Gasteiger partial charge in [0.05, 0.1) is 0 Å². The third-order valence-electron chi connectivity index (χ3n) is 14.1. The Bertz CT molecular complexity index is 3070. The van der Waals surface area contributed by atoms with Gasteiger partial charge in [-0.25, -0.2) is 30.0 Å². The second kappa shape index (κ2) is 19.2. The molecule has 68 heavy (non-hydrogen) atoms. The summed E-state index contributed by atoms with van der Waals surface area (Å²) in [5.41, 5.74) is 14.6. The van der Waals surface area contributed by atoms with E-state index in [4.69, 9.17) is 30.0 Å². The van der Waals surface area contributed by atoms with E-state index < -0.39 is 8.02 Å². The van der Waals surface area contributed by atoms with Crippen molar-refractivity contribution in [1.29, 1.82) is 0 Å². The van der Waals surface area contributed by atoms with Gasteiger partial charge in [-0.2, -0.15) is 9.79 Å². The Morgan fingerprint density at radius 1 is 0.338 bits per heavy atom. The first-order chi connectivity index (χ1) is 32.6. The van der Waals surface area contributed by atoms with E-state index in [1.54, 1.807) is 8.68 Å². The molecule has 2 aromatic heterocycles. The lowest BCUT2D eigenvalue weighted by Crippen LogP contribution is -2.33. The molecule has 10 rings (SSSR count). The average molecular weight is 931 g/mol. The molecule has 0 atom stereocenters. The molecule has 0 unspecified atom stereocenters. The van der Waals surface area contributed by atoms with E-state index >= 15 is 0 Å². The minimum atomic E-state index is -4.59. The van der Waals surface area contributed by atoms with Crippen molar-refractivity contribution in [3.8, 4) is 0 Å². The molecule has 11 nitrogen and oxygen atoms in total. The molecular weight excluding hydrogens is 864 g/mol. The third kappa shape index (κ3) is 7.74. The summed E-state index contributed by atoms with van der Waals surface area (Å²) in [6.07, 6.45) is 15.2. The highest BCUT2D eigenvalue weighted by Crippen LogP contribution is 2.60. The zero-order chi connectivity index (χ0) is 46.7. The average Bonchev–Trinajstić information content (AvgIpc) is 3.99. The number of aliphatic imine (C=N–C) groups is 4. The van der Waals surface area contributed by atoms with Gasteiger partial charge in [0.2, 0.25) is 0 Å². The molecule has 6 bridgehead atoms. The Hall–Kier alpha value is -5.45. The molecule has 3 N–H and O–H groups in total. The Morgan fingerprint density at radius 2 is 0.588 bits per heavy atom. The van der Waals surface area contributed by atoms with Crippen LogP contribution in [0.15, 0.2) is 78.5 Å². The molecule has 354 valence electrons. The van der Waals surface area contributed by atoms with Crippen molar-refractivity contribution in [2.45, 2.75) is 158 Å². The SMILES string of the molecule is CCCc1cc2c(cc1CCC)C1=Nc3c4cc(CCC)c(CCC)cc4c4n3[P+](O)(O)n3c(c5cc(CCC)c(CCC)cc5c3=NC3=NC(=N4)c4cc(CCC)c(CCC)cc43)=NC2=N1.[OH-]. The number of amidine groups is 4. The van der Waals surface area contributed by atoms with Gasteiger partial charge in [-0.05, 0) is 144 Å². The first-order valence-corrected chi connectivity index (χ1v) is 27.1. The molecule has 0 radical (unpaired) electrons. The summed E-state index contributed by atoms with van der Waals surface area (Å²) in [7, 11) is -4.59. The van der Waals surface area contributed by atoms with E-state index in [1.807, 2.05) is 0 Å².